The van der Waals surface area contributed by atoms with Crippen molar-refractivity contribution in [2.45, 2.75) is 44.3 Å². The number of hydrogen-bond donors (Lipinski definition) is 3. The number of rotatable bonds is 4. The standard InChI is InChI=1S/C19H21FN4O4/c1-3-8(2)24-16(26)14-12(7-13(21)25)23-19(15(14)17(24)27)10-6-9(20)4-5-11(10)22-18(19)28/h4-6,8,12,14-15,23H,3,7H2,1-2H3,(H2,21,25)(H,22,28)/t8-,12+,14+,15-,19-/m0/s1. The average molecular weight is 388 g/mol. The number of nitrogens with two attached hydrogens (primary N) is 1. The minimum absolute atomic E-state index is 0.214. The number of likely N-dealkylation sites (tertiary alicyclic amines) is 1. The van der Waals surface area contributed by atoms with E-state index >= 15 is 0 Å². The third-order valence-corrected chi connectivity index (χ3v) is 6.16. The minimum atomic E-state index is -1.61. The Kier molecular flexibility index (Phi) is 4.04. The molecule has 9 heteroatoms. The van der Waals surface area contributed by atoms with Crippen molar-refractivity contribution in [3.63, 3.8) is 0 Å². The highest BCUT2D eigenvalue weighted by molar-refractivity contribution is 6.15. The third kappa shape index (κ3) is 2.25. The van der Waals surface area contributed by atoms with E-state index in [1.165, 1.54) is 23.1 Å². The maximum Gasteiger partial charge on any atom is 0.250 e. The number of fused-ring (bicyclic) bond motifs is 4. The van der Waals surface area contributed by atoms with Crippen LogP contribution in [0, 0.1) is 17.7 Å². The highest BCUT2D eigenvalue weighted by atomic mass is 19.1. The van der Waals surface area contributed by atoms with Crippen molar-refractivity contribution < 1.29 is 23.6 Å². The molecule has 2 fully saturated rings. The summed E-state index contributed by atoms with van der Waals surface area (Å²) in [6.45, 7) is 3.60. The van der Waals surface area contributed by atoms with Gasteiger partial charge in [0.15, 0.2) is 0 Å². The molecule has 4 rings (SSSR count). The number of imide groups is 1. The van der Waals surface area contributed by atoms with E-state index in [1.807, 2.05) is 6.92 Å². The van der Waals surface area contributed by atoms with E-state index in [0.29, 0.717) is 12.1 Å². The molecule has 1 aromatic carbocycles. The van der Waals surface area contributed by atoms with Gasteiger partial charge in [-0.05, 0) is 31.5 Å². The van der Waals surface area contributed by atoms with Gasteiger partial charge in [-0.25, -0.2) is 4.39 Å². The van der Waals surface area contributed by atoms with Crippen LogP contribution in [0.15, 0.2) is 18.2 Å². The normalized spacial score (nSPS) is 31.9. The topological polar surface area (TPSA) is 122 Å². The molecule has 0 aromatic heterocycles. The third-order valence-electron chi connectivity index (χ3n) is 6.16. The van der Waals surface area contributed by atoms with Crippen LogP contribution >= 0.6 is 0 Å². The molecule has 8 nitrogen and oxygen atoms in total. The van der Waals surface area contributed by atoms with Gasteiger partial charge in [-0.2, -0.15) is 0 Å². The van der Waals surface area contributed by atoms with Gasteiger partial charge in [0.25, 0.3) is 0 Å². The number of amides is 4. The van der Waals surface area contributed by atoms with Gasteiger partial charge in [-0.15, -0.1) is 0 Å². The molecule has 3 aliphatic rings. The zero-order chi connectivity index (χ0) is 20.4. The van der Waals surface area contributed by atoms with Gasteiger partial charge in [-0.3, -0.25) is 29.4 Å². The number of benzene rings is 1. The number of hydrogen-bond acceptors (Lipinski definition) is 5. The van der Waals surface area contributed by atoms with Gasteiger partial charge in [0, 0.05) is 29.8 Å². The predicted octanol–water partition coefficient (Wildman–Crippen LogP) is 0.220. The lowest BCUT2D eigenvalue weighted by Crippen LogP contribution is -2.54. The summed E-state index contributed by atoms with van der Waals surface area (Å²) in [5.41, 5.74) is 4.38. The van der Waals surface area contributed by atoms with E-state index in [4.69, 9.17) is 5.73 Å². The highest BCUT2D eigenvalue weighted by Crippen LogP contribution is 2.53. The summed E-state index contributed by atoms with van der Waals surface area (Å²) in [5, 5.41) is 5.69. The van der Waals surface area contributed by atoms with Crippen LogP contribution in [0.4, 0.5) is 10.1 Å². The van der Waals surface area contributed by atoms with Crippen LogP contribution in [-0.4, -0.2) is 40.6 Å². The number of anilines is 1. The summed E-state index contributed by atoms with van der Waals surface area (Å²) in [5.74, 6) is -4.68. The molecule has 3 heterocycles. The van der Waals surface area contributed by atoms with E-state index in [1.54, 1.807) is 6.92 Å². The summed E-state index contributed by atoms with van der Waals surface area (Å²) in [6.07, 6.45) is 0.337. The first-order valence-electron chi connectivity index (χ1n) is 9.26. The lowest BCUT2D eigenvalue weighted by atomic mass is 9.76. The van der Waals surface area contributed by atoms with Crippen LogP contribution in [0.3, 0.4) is 0 Å². The smallest absolute Gasteiger partial charge is 0.250 e. The molecule has 0 radical (unpaired) electrons. The Labute approximate surface area is 160 Å². The summed E-state index contributed by atoms with van der Waals surface area (Å²) < 4.78 is 14.0. The Balaban J connectivity index is 1.90. The Morgan fingerprint density at radius 2 is 2.04 bits per heavy atom. The van der Waals surface area contributed by atoms with E-state index < -0.39 is 52.9 Å². The second-order valence-electron chi connectivity index (χ2n) is 7.68. The Morgan fingerprint density at radius 3 is 2.68 bits per heavy atom. The number of carbonyl (C=O) groups excluding carboxylic acids is 4. The molecule has 28 heavy (non-hydrogen) atoms. The molecule has 5 atom stereocenters. The number of carbonyl (C=O) groups is 4. The minimum Gasteiger partial charge on any atom is -0.370 e. The van der Waals surface area contributed by atoms with Crippen molar-refractivity contribution in [1.29, 1.82) is 0 Å². The lowest BCUT2D eigenvalue weighted by Gasteiger charge is -2.31. The van der Waals surface area contributed by atoms with Gasteiger partial charge in [0.2, 0.25) is 23.6 Å². The fourth-order valence-corrected chi connectivity index (χ4v) is 4.80. The van der Waals surface area contributed by atoms with Gasteiger partial charge >= 0.3 is 0 Å². The van der Waals surface area contributed by atoms with E-state index in [9.17, 15) is 23.6 Å². The Morgan fingerprint density at radius 1 is 1.32 bits per heavy atom. The second kappa shape index (κ2) is 6.10. The molecule has 4 N–H and O–H groups in total. The SMILES string of the molecule is CC[C@H](C)N1C(=O)[C@H]2[C@@H](C1=O)[C@]1(N[C@@H]2CC(N)=O)C(=O)Nc2ccc(F)cc21. The summed E-state index contributed by atoms with van der Waals surface area (Å²) in [7, 11) is 0. The maximum atomic E-state index is 14.0. The molecule has 1 aromatic rings. The molecule has 2 saturated heterocycles. The molecule has 4 amide bonds. The number of primary amides is 1. The monoisotopic (exact) mass is 388 g/mol. The fourth-order valence-electron chi connectivity index (χ4n) is 4.80. The predicted molar refractivity (Wildman–Crippen MR) is 96.0 cm³/mol. The molecule has 1 spiro atoms. The molecule has 148 valence electrons. The molecule has 0 saturated carbocycles. The highest BCUT2D eigenvalue weighted by Gasteiger charge is 2.70. The molecular formula is C19H21FN4O4. The molecule has 0 bridgehead atoms. The van der Waals surface area contributed by atoms with Crippen LogP contribution in [0.5, 0.6) is 0 Å². The number of nitrogens with one attached hydrogen (secondary N) is 2. The van der Waals surface area contributed by atoms with Crippen molar-refractivity contribution in [2.24, 2.45) is 17.6 Å². The van der Waals surface area contributed by atoms with E-state index in [2.05, 4.69) is 10.6 Å². The van der Waals surface area contributed by atoms with Crippen LogP contribution in [0.1, 0.15) is 32.3 Å². The zero-order valence-corrected chi connectivity index (χ0v) is 15.5. The van der Waals surface area contributed by atoms with E-state index in [0.717, 1.165) is 0 Å². The first kappa shape index (κ1) is 18.5. The van der Waals surface area contributed by atoms with Gasteiger partial charge < -0.3 is 11.1 Å². The van der Waals surface area contributed by atoms with Crippen molar-refractivity contribution in [1.82, 2.24) is 10.2 Å². The van der Waals surface area contributed by atoms with Crippen LogP contribution in [-0.2, 0) is 24.7 Å². The van der Waals surface area contributed by atoms with Crippen LogP contribution in [0.2, 0.25) is 0 Å². The first-order valence-corrected chi connectivity index (χ1v) is 9.26. The molecular weight excluding hydrogens is 367 g/mol. The van der Waals surface area contributed by atoms with Crippen molar-refractivity contribution in [3.8, 4) is 0 Å². The quantitative estimate of drug-likeness (QED) is 0.637. The zero-order valence-electron chi connectivity index (χ0n) is 15.5. The number of halogens is 1. The summed E-state index contributed by atoms with van der Waals surface area (Å²) >= 11 is 0. The van der Waals surface area contributed by atoms with Gasteiger partial charge in [0.05, 0.1) is 11.8 Å². The molecule has 0 unspecified atom stereocenters. The average Bonchev–Trinajstić information content (AvgIpc) is 3.20. The molecule has 0 aliphatic carbocycles. The van der Waals surface area contributed by atoms with Crippen molar-refractivity contribution in [3.05, 3.63) is 29.6 Å². The number of nitrogens with zero attached hydrogens (tertiary/aromatic N) is 1. The second-order valence-corrected chi connectivity index (χ2v) is 7.68. The van der Waals surface area contributed by atoms with Crippen LogP contribution in [0.25, 0.3) is 0 Å². The largest absolute Gasteiger partial charge is 0.370 e. The maximum absolute atomic E-state index is 14.0. The van der Waals surface area contributed by atoms with Crippen LogP contribution < -0.4 is 16.4 Å². The lowest BCUT2D eigenvalue weighted by molar-refractivity contribution is -0.145. The fraction of sp³-hybridized carbons (Fsp3) is 0.474. The summed E-state index contributed by atoms with van der Waals surface area (Å²) in [6, 6.07) is 2.66. The first-order chi connectivity index (χ1) is 13.2. The Hall–Kier alpha value is -2.81. The molecule has 3 aliphatic heterocycles. The van der Waals surface area contributed by atoms with Gasteiger partial charge in [-0.1, -0.05) is 6.92 Å². The Bertz CT molecular complexity index is 919. The summed E-state index contributed by atoms with van der Waals surface area (Å²) in [4.78, 5) is 52.2. The van der Waals surface area contributed by atoms with Crippen molar-refractivity contribution >= 4 is 29.3 Å². The van der Waals surface area contributed by atoms with E-state index in [-0.39, 0.29) is 18.0 Å². The van der Waals surface area contributed by atoms with Gasteiger partial charge in [0.1, 0.15) is 11.4 Å². The van der Waals surface area contributed by atoms with Crippen molar-refractivity contribution in [2.75, 3.05) is 5.32 Å².